The molecule has 1 aromatic carbocycles. The summed E-state index contributed by atoms with van der Waals surface area (Å²) in [6.45, 7) is 22.1. The topological polar surface area (TPSA) is 99.3 Å². The molecule has 0 radical (unpaired) electrons. The van der Waals surface area contributed by atoms with Crippen molar-refractivity contribution in [1.82, 2.24) is 25.5 Å². The number of imidazole rings is 1. The van der Waals surface area contributed by atoms with E-state index in [4.69, 9.17) is 4.74 Å². The van der Waals surface area contributed by atoms with Crippen LogP contribution in [0.2, 0.25) is 0 Å². The van der Waals surface area contributed by atoms with E-state index in [-0.39, 0.29) is 39.2 Å². The Morgan fingerprint density at radius 1 is 1.27 bits per heavy atom. The molecule has 1 saturated heterocycles. The molecule has 0 aliphatic carbocycles. The molecule has 8 nitrogen and oxygen atoms in total. The number of carbonyl (C=O) groups is 2. The van der Waals surface area contributed by atoms with Gasteiger partial charge in [-0.2, -0.15) is 0 Å². The maximum absolute atomic E-state index is 14.1. The van der Waals surface area contributed by atoms with Crippen LogP contribution in [0.25, 0.3) is 11.3 Å². The second-order valence-corrected chi connectivity index (χ2v) is 9.53. The average Bonchev–Trinajstić information content (AvgIpc) is 3.41. The van der Waals surface area contributed by atoms with E-state index in [1.54, 1.807) is 0 Å². The number of ether oxygens (including phenoxy) is 1. The van der Waals surface area contributed by atoms with E-state index in [1.807, 2.05) is 34.6 Å². The number of carbonyl (C=O) groups excluding carboxylic acids is 2. The number of hydrogen-bond donors (Lipinski definition) is 3. The average molecular weight is 566 g/mol. The first-order valence-corrected chi connectivity index (χ1v) is 13.7. The van der Waals surface area contributed by atoms with Gasteiger partial charge in [0.2, 0.25) is 11.8 Å². The molecule has 0 bridgehead atoms. The largest absolute Gasteiger partial charge is 0.377 e. The van der Waals surface area contributed by atoms with E-state index in [2.05, 4.69) is 45.2 Å². The molecule has 1 aliphatic rings. The van der Waals surface area contributed by atoms with E-state index in [9.17, 15) is 18.4 Å². The van der Waals surface area contributed by atoms with Crippen LogP contribution in [0.1, 0.15) is 62.6 Å². The summed E-state index contributed by atoms with van der Waals surface area (Å²) < 4.78 is 32.8. The summed E-state index contributed by atoms with van der Waals surface area (Å²) in [4.78, 5) is 34.9. The Kier molecular flexibility index (Phi) is 15.5. The number of amides is 2. The lowest BCUT2D eigenvalue weighted by molar-refractivity contribution is -0.129. The minimum absolute atomic E-state index is 0. The highest BCUT2D eigenvalue weighted by molar-refractivity contribution is 5.87. The smallest absolute Gasteiger partial charge is 0.243 e. The van der Waals surface area contributed by atoms with Crippen molar-refractivity contribution in [3.63, 3.8) is 0 Å². The molecule has 2 atom stereocenters. The molecule has 0 saturated carbocycles. The Morgan fingerprint density at radius 3 is 2.60 bits per heavy atom. The van der Waals surface area contributed by atoms with Gasteiger partial charge in [0, 0.05) is 45.6 Å². The molecule has 2 heterocycles. The third-order valence-electron chi connectivity index (χ3n) is 6.09. The normalized spacial score (nSPS) is 15.2. The van der Waals surface area contributed by atoms with Crippen LogP contribution in [-0.2, 0) is 20.9 Å². The van der Waals surface area contributed by atoms with Gasteiger partial charge in [-0.1, -0.05) is 34.3 Å². The van der Waals surface area contributed by atoms with E-state index in [0.29, 0.717) is 43.6 Å². The molecule has 40 heavy (non-hydrogen) atoms. The first kappa shape index (κ1) is 34.5. The first-order chi connectivity index (χ1) is 19.1. The number of morpholine rings is 1. The van der Waals surface area contributed by atoms with Gasteiger partial charge < -0.3 is 25.3 Å². The van der Waals surface area contributed by atoms with Crippen LogP contribution < -0.4 is 10.6 Å². The maximum Gasteiger partial charge on any atom is 0.243 e. The predicted octanol–water partition coefficient (Wildman–Crippen LogP) is 5.84. The first-order valence-electron chi connectivity index (χ1n) is 13.7. The summed E-state index contributed by atoms with van der Waals surface area (Å²) in [5.41, 5.74) is 1.29. The minimum Gasteiger partial charge on any atom is -0.377 e. The van der Waals surface area contributed by atoms with Gasteiger partial charge >= 0.3 is 0 Å². The monoisotopic (exact) mass is 565 g/mol. The second-order valence-electron chi connectivity index (χ2n) is 9.53. The fourth-order valence-corrected chi connectivity index (χ4v) is 4.04. The van der Waals surface area contributed by atoms with Gasteiger partial charge in [-0.15, -0.1) is 13.2 Å². The predicted molar refractivity (Wildman–Crippen MR) is 159 cm³/mol. The highest BCUT2D eigenvalue weighted by Gasteiger charge is 2.27. The summed E-state index contributed by atoms with van der Waals surface area (Å²) in [6.07, 6.45) is 2.72. The zero-order chi connectivity index (χ0) is 30.2. The van der Waals surface area contributed by atoms with Crippen LogP contribution in [0, 0.1) is 17.6 Å². The zero-order valence-electron chi connectivity index (χ0n) is 24.5. The summed E-state index contributed by atoms with van der Waals surface area (Å²) in [7, 11) is 0. The van der Waals surface area contributed by atoms with Crippen molar-refractivity contribution in [2.24, 2.45) is 5.92 Å². The lowest BCUT2D eigenvalue weighted by Crippen LogP contribution is -2.49. The molecule has 1 aromatic heterocycles. The Hall–Kier alpha value is -3.53. The number of nitrogens with one attached hydrogen (secondary N) is 3. The Bertz CT molecular complexity index is 1100. The standard InChI is InChI=1S/C26H35F2N5O3.C2H6.C2H4.2H2/c1-16(2)5-8-25(34)32-22(11-17(3)33-9-10-36-15-18(33)4)26(35)30-14-24-29-13-23(31-24)20-7-6-19(27)12-21(20)28;2*1-2;;/h6-7,12-13,16,18,22H,3,5,8-11,14-15H2,1-2,4H3,(H,29,31)(H,30,35)(H,32,34);1-2H3;1-2H2;2*1H/t18-,22-;;;;/m0..../s1. The highest BCUT2D eigenvalue weighted by atomic mass is 19.1. The second kappa shape index (κ2) is 17.9. The van der Waals surface area contributed by atoms with Crippen LogP contribution in [0.15, 0.2) is 49.8 Å². The van der Waals surface area contributed by atoms with Gasteiger partial charge in [-0.3, -0.25) is 9.59 Å². The molecular weight excluding hydrogens is 516 g/mol. The number of halogens is 2. The minimum atomic E-state index is -0.809. The van der Waals surface area contributed by atoms with Gasteiger partial charge in [-0.25, -0.2) is 13.8 Å². The fourth-order valence-electron chi connectivity index (χ4n) is 4.04. The number of aromatic nitrogens is 2. The number of H-pyrrole nitrogens is 1. The number of aromatic amines is 1. The Balaban J connectivity index is 0. The molecule has 1 fully saturated rings. The summed E-state index contributed by atoms with van der Waals surface area (Å²) >= 11 is 0. The van der Waals surface area contributed by atoms with Gasteiger partial charge in [0.25, 0.3) is 0 Å². The van der Waals surface area contributed by atoms with Crippen LogP contribution >= 0.6 is 0 Å². The van der Waals surface area contributed by atoms with Crippen molar-refractivity contribution in [2.45, 2.75) is 72.5 Å². The molecule has 0 unspecified atom stereocenters. The Labute approximate surface area is 240 Å². The van der Waals surface area contributed by atoms with Crippen LogP contribution in [-0.4, -0.2) is 58.5 Å². The van der Waals surface area contributed by atoms with E-state index in [0.717, 1.165) is 24.3 Å². The van der Waals surface area contributed by atoms with Crippen molar-refractivity contribution in [3.8, 4) is 11.3 Å². The van der Waals surface area contributed by atoms with Crippen LogP contribution in [0.3, 0.4) is 0 Å². The fraction of sp³-hybridized carbons (Fsp3) is 0.500. The number of benzene rings is 1. The summed E-state index contributed by atoms with van der Waals surface area (Å²) in [5, 5.41) is 5.64. The number of hydrogen-bond acceptors (Lipinski definition) is 5. The molecular formula is C30H49F2N5O3. The molecule has 2 aromatic rings. The molecule has 0 spiro atoms. The van der Waals surface area contributed by atoms with E-state index < -0.39 is 17.7 Å². The number of nitrogens with zero attached hydrogens (tertiary/aromatic N) is 2. The highest BCUT2D eigenvalue weighted by Crippen LogP contribution is 2.22. The van der Waals surface area contributed by atoms with Crippen LogP contribution in [0.5, 0.6) is 0 Å². The van der Waals surface area contributed by atoms with Crippen molar-refractivity contribution < 1.29 is 26.0 Å². The molecule has 226 valence electrons. The summed E-state index contributed by atoms with van der Waals surface area (Å²) in [5.74, 6) is -1.19. The van der Waals surface area contributed by atoms with Crippen molar-refractivity contribution in [3.05, 3.63) is 67.3 Å². The third-order valence-corrected chi connectivity index (χ3v) is 6.09. The SMILES string of the molecule is C=C.C=C(C[C@H](NC(=O)CCC(C)C)C(=O)NCc1ncc(-c2ccc(F)cc2F)[nH]1)N1CCOC[C@@H]1C.CC.[HH].[HH]. The lowest BCUT2D eigenvalue weighted by atomic mass is 10.1. The maximum atomic E-state index is 14.1. The van der Waals surface area contributed by atoms with Gasteiger partial charge in [0.05, 0.1) is 31.6 Å². The van der Waals surface area contributed by atoms with Gasteiger partial charge in [0.15, 0.2) is 0 Å². The van der Waals surface area contributed by atoms with Gasteiger partial charge in [0.1, 0.15) is 23.5 Å². The van der Waals surface area contributed by atoms with Crippen molar-refractivity contribution in [2.75, 3.05) is 19.8 Å². The summed E-state index contributed by atoms with van der Waals surface area (Å²) in [6, 6.07) is 2.60. The lowest BCUT2D eigenvalue weighted by Gasteiger charge is -2.37. The van der Waals surface area contributed by atoms with Crippen molar-refractivity contribution >= 4 is 11.8 Å². The zero-order valence-corrected chi connectivity index (χ0v) is 24.5. The molecule has 3 rings (SSSR count). The molecule has 2 amide bonds. The molecule has 10 heteroatoms. The Morgan fingerprint density at radius 2 is 1.98 bits per heavy atom. The van der Waals surface area contributed by atoms with E-state index in [1.165, 1.54) is 12.3 Å². The quantitative estimate of drug-likeness (QED) is 0.298. The molecule has 3 N–H and O–H groups in total. The van der Waals surface area contributed by atoms with Crippen molar-refractivity contribution in [1.29, 1.82) is 0 Å². The number of rotatable bonds is 11. The van der Waals surface area contributed by atoms with Gasteiger partial charge in [-0.05, 0) is 31.4 Å². The van der Waals surface area contributed by atoms with E-state index >= 15 is 0 Å². The molecule has 1 aliphatic heterocycles. The van der Waals surface area contributed by atoms with Crippen LogP contribution in [0.4, 0.5) is 8.78 Å². The third kappa shape index (κ3) is 10.9.